The van der Waals surface area contributed by atoms with Gasteiger partial charge in [-0.15, -0.1) is 0 Å². The molecule has 0 bridgehead atoms. The first kappa shape index (κ1) is 22.7. The van der Waals surface area contributed by atoms with Gasteiger partial charge in [-0.2, -0.15) is 0 Å². The molecule has 0 radical (unpaired) electrons. The lowest BCUT2D eigenvalue weighted by Gasteiger charge is -2.30. The van der Waals surface area contributed by atoms with Crippen LogP contribution >= 0.6 is 11.6 Å². The molecule has 0 saturated carbocycles. The maximum absolute atomic E-state index is 10.2. The van der Waals surface area contributed by atoms with Crippen molar-refractivity contribution in [3.8, 4) is 11.1 Å². The summed E-state index contributed by atoms with van der Waals surface area (Å²) in [7, 11) is 0. The summed E-state index contributed by atoms with van der Waals surface area (Å²) < 4.78 is 11.8. The molecule has 0 fully saturated rings. The zero-order valence-corrected chi connectivity index (χ0v) is 19.1. The van der Waals surface area contributed by atoms with Crippen LogP contribution in [0.25, 0.3) is 22.0 Å². The molecule has 3 rings (SSSR count). The summed E-state index contributed by atoms with van der Waals surface area (Å²) in [4.78, 5) is 4.82. The van der Waals surface area contributed by atoms with Gasteiger partial charge in [0.25, 0.3) is 0 Å². The van der Waals surface area contributed by atoms with E-state index in [1.165, 1.54) is 0 Å². The smallest absolute Gasteiger partial charge is 0.107 e. The first-order valence-corrected chi connectivity index (χ1v) is 10.7. The van der Waals surface area contributed by atoms with Gasteiger partial charge in [0.15, 0.2) is 0 Å². The molecule has 0 unspecified atom stereocenters. The van der Waals surface area contributed by atoms with E-state index in [1.54, 1.807) is 0 Å². The van der Waals surface area contributed by atoms with Crippen molar-refractivity contribution in [2.45, 2.75) is 52.9 Å². The standard InChI is InChI=1S/C25H30ClNO3/c1-6-29-15-19-11-12-20-21(27-19)13-16(2)23(22(14-28)30-25(3,4)5)24(20)17-7-9-18(26)10-8-17/h7-13,22,28H,6,14-15H2,1-5H3/t22-/m1/s1. The van der Waals surface area contributed by atoms with Gasteiger partial charge in [0.1, 0.15) is 6.10 Å². The number of pyridine rings is 1. The van der Waals surface area contributed by atoms with E-state index in [-0.39, 0.29) is 6.61 Å². The number of halogens is 1. The molecule has 1 N–H and O–H groups in total. The van der Waals surface area contributed by atoms with Crippen LogP contribution in [-0.4, -0.2) is 28.9 Å². The van der Waals surface area contributed by atoms with Crippen molar-refractivity contribution in [1.82, 2.24) is 4.98 Å². The van der Waals surface area contributed by atoms with E-state index in [0.29, 0.717) is 18.2 Å². The summed E-state index contributed by atoms with van der Waals surface area (Å²) in [6, 6.07) is 13.9. The van der Waals surface area contributed by atoms with Gasteiger partial charge >= 0.3 is 0 Å². The van der Waals surface area contributed by atoms with E-state index in [4.69, 9.17) is 26.1 Å². The fourth-order valence-electron chi connectivity index (χ4n) is 3.71. The molecule has 0 aliphatic rings. The molecule has 0 saturated heterocycles. The van der Waals surface area contributed by atoms with Crippen molar-refractivity contribution < 1.29 is 14.6 Å². The van der Waals surface area contributed by atoms with Crippen LogP contribution in [0.4, 0.5) is 0 Å². The molecule has 2 aromatic carbocycles. The number of fused-ring (bicyclic) bond motifs is 1. The van der Waals surface area contributed by atoms with Crippen molar-refractivity contribution >= 4 is 22.5 Å². The molecule has 1 atom stereocenters. The number of aromatic nitrogens is 1. The Hall–Kier alpha value is -1.98. The number of nitrogens with zero attached hydrogens (tertiary/aromatic N) is 1. The van der Waals surface area contributed by atoms with Gasteiger partial charge in [-0.1, -0.05) is 29.8 Å². The lowest BCUT2D eigenvalue weighted by Crippen LogP contribution is -2.25. The third kappa shape index (κ3) is 5.19. The molecular formula is C25H30ClNO3. The van der Waals surface area contributed by atoms with E-state index in [0.717, 1.165) is 38.9 Å². The molecule has 1 heterocycles. The van der Waals surface area contributed by atoms with Crippen molar-refractivity contribution in [1.29, 1.82) is 0 Å². The monoisotopic (exact) mass is 427 g/mol. The second-order valence-corrected chi connectivity index (χ2v) is 8.83. The van der Waals surface area contributed by atoms with Gasteiger partial charge < -0.3 is 14.6 Å². The molecule has 5 heteroatoms. The molecule has 0 aliphatic carbocycles. The molecule has 30 heavy (non-hydrogen) atoms. The summed E-state index contributed by atoms with van der Waals surface area (Å²) in [5.74, 6) is 0. The summed E-state index contributed by atoms with van der Waals surface area (Å²) in [6.07, 6.45) is -0.455. The largest absolute Gasteiger partial charge is 0.393 e. The quantitative estimate of drug-likeness (QED) is 0.484. The molecule has 1 aromatic heterocycles. The van der Waals surface area contributed by atoms with E-state index >= 15 is 0 Å². The Morgan fingerprint density at radius 3 is 2.40 bits per heavy atom. The molecule has 0 aliphatic heterocycles. The fourth-order valence-corrected chi connectivity index (χ4v) is 3.83. The van der Waals surface area contributed by atoms with E-state index < -0.39 is 11.7 Å². The number of rotatable bonds is 7. The predicted molar refractivity (Wildman–Crippen MR) is 123 cm³/mol. The van der Waals surface area contributed by atoms with Crippen LogP contribution in [0.5, 0.6) is 0 Å². The van der Waals surface area contributed by atoms with Crippen molar-refractivity contribution in [3.05, 3.63) is 64.3 Å². The summed E-state index contributed by atoms with van der Waals surface area (Å²) >= 11 is 6.14. The number of ether oxygens (including phenoxy) is 2. The highest BCUT2D eigenvalue weighted by atomic mass is 35.5. The van der Waals surface area contributed by atoms with Crippen LogP contribution in [-0.2, 0) is 16.1 Å². The van der Waals surface area contributed by atoms with Crippen LogP contribution in [0.3, 0.4) is 0 Å². The Bertz CT molecular complexity index is 1010. The third-order valence-electron chi connectivity index (χ3n) is 4.87. The fraction of sp³-hybridized carbons (Fsp3) is 0.400. The minimum Gasteiger partial charge on any atom is -0.393 e. The molecule has 3 aromatic rings. The van der Waals surface area contributed by atoms with Gasteiger partial charge in [-0.3, -0.25) is 4.98 Å². The highest BCUT2D eigenvalue weighted by Gasteiger charge is 2.26. The van der Waals surface area contributed by atoms with Gasteiger partial charge in [0.05, 0.1) is 30.0 Å². The molecule has 160 valence electrons. The minimum absolute atomic E-state index is 0.111. The highest BCUT2D eigenvalue weighted by molar-refractivity contribution is 6.30. The van der Waals surface area contributed by atoms with Crippen LogP contribution < -0.4 is 0 Å². The summed E-state index contributed by atoms with van der Waals surface area (Å²) in [5.41, 5.74) is 5.41. The number of hydrogen-bond acceptors (Lipinski definition) is 4. The zero-order valence-electron chi connectivity index (χ0n) is 18.3. The number of benzene rings is 2. The maximum atomic E-state index is 10.2. The van der Waals surface area contributed by atoms with E-state index in [2.05, 4.69) is 12.1 Å². The molecule has 0 spiro atoms. The molecular weight excluding hydrogens is 398 g/mol. The first-order valence-electron chi connectivity index (χ1n) is 10.3. The lowest BCUT2D eigenvalue weighted by atomic mass is 9.88. The van der Waals surface area contributed by atoms with Crippen molar-refractivity contribution in [2.75, 3.05) is 13.2 Å². The van der Waals surface area contributed by atoms with Gasteiger partial charge in [-0.25, -0.2) is 0 Å². The molecule has 0 amide bonds. The third-order valence-corrected chi connectivity index (χ3v) is 5.12. The summed E-state index contributed by atoms with van der Waals surface area (Å²) in [5, 5.41) is 11.9. The van der Waals surface area contributed by atoms with E-state index in [1.807, 2.05) is 65.0 Å². The lowest BCUT2D eigenvalue weighted by molar-refractivity contribution is -0.0821. The van der Waals surface area contributed by atoms with E-state index in [9.17, 15) is 5.11 Å². The SMILES string of the molecule is CCOCc1ccc2c(-c3ccc(Cl)cc3)c([C@@H](CO)OC(C)(C)C)c(C)cc2n1. The summed E-state index contributed by atoms with van der Waals surface area (Å²) in [6.45, 7) is 11.0. The second-order valence-electron chi connectivity index (χ2n) is 8.40. The number of aliphatic hydroxyl groups is 1. The Morgan fingerprint density at radius 2 is 1.80 bits per heavy atom. The Balaban J connectivity index is 2.27. The molecule has 4 nitrogen and oxygen atoms in total. The maximum Gasteiger partial charge on any atom is 0.107 e. The van der Waals surface area contributed by atoms with Gasteiger partial charge in [0.2, 0.25) is 0 Å². The number of hydrogen-bond donors (Lipinski definition) is 1. The highest BCUT2D eigenvalue weighted by Crippen LogP contribution is 2.40. The van der Waals surface area contributed by atoms with Crippen LogP contribution in [0.15, 0.2) is 42.5 Å². The van der Waals surface area contributed by atoms with Gasteiger partial charge in [-0.05, 0) is 81.1 Å². The Labute approximate surface area is 183 Å². The topological polar surface area (TPSA) is 51.6 Å². The van der Waals surface area contributed by atoms with Crippen LogP contribution in [0.1, 0.15) is 50.6 Å². The minimum atomic E-state index is -0.455. The van der Waals surface area contributed by atoms with Crippen molar-refractivity contribution in [2.24, 2.45) is 0 Å². The van der Waals surface area contributed by atoms with Crippen molar-refractivity contribution in [3.63, 3.8) is 0 Å². The Morgan fingerprint density at radius 1 is 1.10 bits per heavy atom. The normalized spacial score (nSPS) is 13.0. The van der Waals surface area contributed by atoms with Crippen LogP contribution in [0, 0.1) is 6.92 Å². The average molecular weight is 428 g/mol. The second kappa shape index (κ2) is 9.44. The zero-order chi connectivity index (χ0) is 21.9. The number of aryl methyl sites for hydroxylation is 1. The Kier molecular flexibility index (Phi) is 7.14. The first-order chi connectivity index (χ1) is 14.2. The predicted octanol–water partition coefficient (Wildman–Crippen LogP) is 6.25. The number of aliphatic hydroxyl groups excluding tert-OH is 1. The van der Waals surface area contributed by atoms with Crippen LogP contribution in [0.2, 0.25) is 5.02 Å². The average Bonchev–Trinajstić information content (AvgIpc) is 2.69. The van der Waals surface area contributed by atoms with Gasteiger partial charge in [0, 0.05) is 17.0 Å².